The van der Waals surface area contributed by atoms with Crippen molar-refractivity contribution in [3.05, 3.63) is 59.2 Å². The summed E-state index contributed by atoms with van der Waals surface area (Å²) in [6.07, 6.45) is 0. The van der Waals surface area contributed by atoms with Gasteiger partial charge < -0.3 is 20.5 Å². The Morgan fingerprint density at radius 3 is 2.58 bits per heavy atom. The van der Waals surface area contributed by atoms with Gasteiger partial charge in [-0.1, -0.05) is 36.4 Å². The molecule has 0 bridgehead atoms. The number of halogens is 1. The predicted molar refractivity (Wildman–Crippen MR) is 118 cm³/mol. The number of rotatable bonds is 6. The summed E-state index contributed by atoms with van der Waals surface area (Å²) in [7, 11) is 1.54. The van der Waals surface area contributed by atoms with Crippen molar-refractivity contribution < 1.29 is 9.84 Å². The van der Waals surface area contributed by atoms with Crippen LogP contribution in [0.5, 0.6) is 11.5 Å². The first-order valence-electron chi connectivity index (χ1n) is 8.52. The Labute approximate surface area is 172 Å². The molecule has 5 nitrogen and oxygen atoms in total. The fourth-order valence-corrected chi connectivity index (χ4v) is 2.70. The molecular weight excluding hydrogens is 441 g/mol. The van der Waals surface area contributed by atoms with E-state index < -0.39 is 0 Å². The van der Waals surface area contributed by atoms with Crippen molar-refractivity contribution in [1.29, 1.82) is 0 Å². The third kappa shape index (κ3) is 5.79. The number of methoxy groups -OCH3 is 1. The third-order valence-corrected chi connectivity index (χ3v) is 4.06. The normalized spacial score (nSPS) is 12.1. The average molecular weight is 469 g/mol. The molecule has 0 saturated carbocycles. The largest absolute Gasteiger partial charge is 0.504 e. The summed E-state index contributed by atoms with van der Waals surface area (Å²) >= 11 is 0. The van der Waals surface area contributed by atoms with Gasteiger partial charge in [0.05, 0.1) is 19.7 Å². The predicted octanol–water partition coefficient (Wildman–Crippen LogP) is 4.14. The number of aromatic hydroxyl groups is 1. The number of ether oxygens (including phenoxy) is 1. The van der Waals surface area contributed by atoms with E-state index in [1.54, 1.807) is 6.07 Å². The van der Waals surface area contributed by atoms with E-state index in [4.69, 9.17) is 4.74 Å². The zero-order valence-electron chi connectivity index (χ0n) is 15.7. The fourth-order valence-electron chi connectivity index (χ4n) is 2.70. The van der Waals surface area contributed by atoms with E-state index in [9.17, 15) is 5.11 Å². The molecule has 0 fully saturated rings. The second-order valence-electron chi connectivity index (χ2n) is 5.89. The highest BCUT2D eigenvalue weighted by Crippen LogP contribution is 2.29. The quantitative estimate of drug-likeness (QED) is 0.338. The van der Waals surface area contributed by atoms with Crippen LogP contribution in [-0.4, -0.2) is 24.7 Å². The molecular formula is C20H28IN3O2. The maximum Gasteiger partial charge on any atom is 0.192 e. The van der Waals surface area contributed by atoms with E-state index in [-0.39, 0.29) is 35.8 Å². The summed E-state index contributed by atoms with van der Waals surface area (Å²) in [5, 5.41) is 16.9. The van der Waals surface area contributed by atoms with Gasteiger partial charge in [0.1, 0.15) is 0 Å². The summed E-state index contributed by atoms with van der Waals surface area (Å²) in [4.78, 5) is 4.59. The highest BCUT2D eigenvalue weighted by Gasteiger charge is 2.11. The number of hydrogen-bond acceptors (Lipinski definition) is 3. The lowest BCUT2D eigenvalue weighted by molar-refractivity contribution is 0.370. The number of nitrogens with zero attached hydrogens (tertiary/aromatic N) is 1. The van der Waals surface area contributed by atoms with Crippen molar-refractivity contribution in [3.8, 4) is 11.5 Å². The van der Waals surface area contributed by atoms with Crippen molar-refractivity contribution in [1.82, 2.24) is 10.6 Å². The van der Waals surface area contributed by atoms with Crippen molar-refractivity contribution in [2.45, 2.75) is 33.4 Å². The zero-order chi connectivity index (χ0) is 18.2. The molecule has 0 aromatic heterocycles. The summed E-state index contributed by atoms with van der Waals surface area (Å²) in [5.41, 5.74) is 3.20. The number of hydrogen-bond donors (Lipinski definition) is 3. The van der Waals surface area contributed by atoms with Crippen molar-refractivity contribution in [2.24, 2.45) is 4.99 Å². The summed E-state index contributed by atoms with van der Waals surface area (Å²) < 4.78 is 5.15. The van der Waals surface area contributed by atoms with Gasteiger partial charge in [-0.15, -0.1) is 24.0 Å². The molecule has 1 unspecified atom stereocenters. The molecule has 1 atom stereocenters. The Hall–Kier alpha value is -1.96. The van der Waals surface area contributed by atoms with Crippen LogP contribution in [0.25, 0.3) is 0 Å². The summed E-state index contributed by atoms with van der Waals surface area (Å²) in [5.74, 6) is 1.30. The van der Waals surface area contributed by atoms with E-state index in [2.05, 4.69) is 41.6 Å². The van der Waals surface area contributed by atoms with Gasteiger partial charge in [0, 0.05) is 12.1 Å². The van der Waals surface area contributed by atoms with E-state index in [1.165, 1.54) is 18.2 Å². The van der Waals surface area contributed by atoms with Crippen LogP contribution >= 0.6 is 24.0 Å². The summed E-state index contributed by atoms with van der Waals surface area (Å²) in [6.45, 7) is 7.36. The number of guanidine groups is 1. The first-order valence-corrected chi connectivity index (χ1v) is 8.52. The van der Waals surface area contributed by atoms with Crippen LogP contribution < -0.4 is 15.4 Å². The van der Waals surface area contributed by atoms with E-state index >= 15 is 0 Å². The lowest BCUT2D eigenvalue weighted by Gasteiger charge is -2.20. The van der Waals surface area contributed by atoms with Gasteiger partial charge in [0.25, 0.3) is 0 Å². The molecule has 0 spiro atoms. The van der Waals surface area contributed by atoms with Gasteiger partial charge in [-0.05, 0) is 38.0 Å². The molecule has 26 heavy (non-hydrogen) atoms. The van der Waals surface area contributed by atoms with Crippen molar-refractivity contribution >= 4 is 29.9 Å². The Kier molecular flexibility index (Phi) is 9.26. The van der Waals surface area contributed by atoms with Gasteiger partial charge in [0.15, 0.2) is 17.5 Å². The molecule has 0 heterocycles. The van der Waals surface area contributed by atoms with Crippen molar-refractivity contribution in [3.63, 3.8) is 0 Å². The van der Waals surface area contributed by atoms with Gasteiger partial charge in [-0.25, -0.2) is 4.99 Å². The minimum atomic E-state index is 0. The molecule has 0 aliphatic carbocycles. The maximum atomic E-state index is 10.2. The number of phenols is 1. The molecule has 0 saturated heterocycles. The van der Waals surface area contributed by atoms with Gasteiger partial charge >= 0.3 is 0 Å². The number of nitrogens with one attached hydrogen (secondary N) is 2. The lowest BCUT2D eigenvalue weighted by Crippen LogP contribution is -2.38. The minimum absolute atomic E-state index is 0. The molecule has 2 aromatic rings. The van der Waals surface area contributed by atoms with E-state index in [0.717, 1.165) is 12.1 Å². The molecule has 0 aliphatic heterocycles. The monoisotopic (exact) mass is 469 g/mol. The number of aliphatic imine (C=N–C) groups is 1. The lowest BCUT2D eigenvalue weighted by atomic mass is 10.0. The van der Waals surface area contributed by atoms with Crippen LogP contribution in [0.4, 0.5) is 0 Å². The molecule has 0 amide bonds. The molecule has 2 aromatic carbocycles. The smallest absolute Gasteiger partial charge is 0.192 e. The Balaban J connectivity index is 0.00000338. The highest BCUT2D eigenvalue weighted by molar-refractivity contribution is 14.0. The Bertz CT molecular complexity index is 735. The SMILES string of the molecule is CCNC(=NCc1cccc(OC)c1O)NC(C)c1ccccc1C.I. The van der Waals surface area contributed by atoms with Crippen LogP contribution in [0.2, 0.25) is 0 Å². The third-order valence-electron chi connectivity index (χ3n) is 4.06. The van der Waals surface area contributed by atoms with Gasteiger partial charge in [-0.2, -0.15) is 0 Å². The Morgan fingerprint density at radius 1 is 1.19 bits per heavy atom. The molecule has 0 radical (unpaired) electrons. The Morgan fingerprint density at radius 2 is 1.92 bits per heavy atom. The van der Waals surface area contributed by atoms with Gasteiger partial charge in [-0.3, -0.25) is 0 Å². The van der Waals surface area contributed by atoms with Crippen LogP contribution in [-0.2, 0) is 6.54 Å². The van der Waals surface area contributed by atoms with E-state index in [1.807, 2.05) is 31.2 Å². The second kappa shape index (κ2) is 10.9. The van der Waals surface area contributed by atoms with E-state index in [0.29, 0.717) is 18.3 Å². The number of aryl methyl sites for hydroxylation is 1. The first-order chi connectivity index (χ1) is 12.1. The van der Waals surface area contributed by atoms with Crippen LogP contribution in [0.3, 0.4) is 0 Å². The van der Waals surface area contributed by atoms with Crippen molar-refractivity contribution in [2.75, 3.05) is 13.7 Å². The molecule has 0 aliphatic rings. The standard InChI is InChI=1S/C20H27N3O2.HI/c1-5-21-20(23-15(3)17-11-7-6-9-14(17)2)22-13-16-10-8-12-18(25-4)19(16)24;/h6-12,15,24H,5,13H2,1-4H3,(H2,21,22,23);1H. The van der Waals surface area contributed by atoms with Crippen LogP contribution in [0.15, 0.2) is 47.5 Å². The molecule has 2 rings (SSSR count). The summed E-state index contributed by atoms with van der Waals surface area (Å²) in [6, 6.07) is 13.8. The van der Waals surface area contributed by atoms with Gasteiger partial charge in [0.2, 0.25) is 0 Å². The van der Waals surface area contributed by atoms with Crippen LogP contribution in [0.1, 0.15) is 36.6 Å². The number of phenolic OH excluding ortho intramolecular Hbond substituents is 1. The average Bonchev–Trinajstić information content (AvgIpc) is 2.61. The van der Waals surface area contributed by atoms with Crippen LogP contribution in [0, 0.1) is 6.92 Å². The number of benzene rings is 2. The minimum Gasteiger partial charge on any atom is -0.504 e. The maximum absolute atomic E-state index is 10.2. The highest BCUT2D eigenvalue weighted by atomic mass is 127. The second-order valence-corrected chi connectivity index (χ2v) is 5.89. The number of para-hydroxylation sites is 1. The topological polar surface area (TPSA) is 65.9 Å². The molecule has 3 N–H and O–H groups in total. The first kappa shape index (κ1) is 22.1. The fraction of sp³-hybridized carbons (Fsp3) is 0.350. The molecule has 142 valence electrons. The molecule has 6 heteroatoms. The zero-order valence-corrected chi connectivity index (χ0v) is 18.1.